The van der Waals surface area contributed by atoms with Gasteiger partial charge in [-0.1, -0.05) is 6.92 Å². The quantitative estimate of drug-likeness (QED) is 0.0361. The molecule has 34 heteroatoms. The largest absolute Gasteiger partial charge is 0.363 e. The summed E-state index contributed by atoms with van der Waals surface area (Å²) < 4.78 is 168. The number of anilines is 7. The summed E-state index contributed by atoms with van der Waals surface area (Å²) in [4.78, 5) is 65.2. The number of H-pyrrole nitrogens is 3. The highest BCUT2D eigenvalue weighted by Crippen LogP contribution is 2.30. The fraction of sp³-hybridized carbons (Fsp3) is 0.190. The summed E-state index contributed by atoms with van der Waals surface area (Å²) >= 11 is 0. The van der Waals surface area contributed by atoms with Crippen LogP contribution >= 0.6 is 0 Å². The second-order valence-corrected chi connectivity index (χ2v) is 26.1. The predicted molar refractivity (Wildman–Crippen MR) is 336 cm³/mol. The maximum Gasteiger partial charge on any atom is 0.301 e. The Bertz CT molecular complexity index is 4800. The smallest absolute Gasteiger partial charge is 0.301 e. The topological polar surface area (TPSA) is 334 Å². The average Bonchev–Trinajstić information content (AvgIpc) is 1.15. The van der Waals surface area contributed by atoms with Crippen molar-refractivity contribution in [3.63, 3.8) is 0 Å². The highest BCUT2D eigenvalue weighted by molar-refractivity contribution is 7.92. The number of benzene rings is 3. The molecule has 1 aliphatic heterocycles. The number of fused-ring (bicyclic) bond motifs is 3. The van der Waals surface area contributed by atoms with Crippen molar-refractivity contribution in [1.82, 2.24) is 43.5 Å². The number of sulfonamides is 1. The molecule has 0 unspecified atom stereocenters. The second-order valence-electron chi connectivity index (χ2n) is 20.7. The van der Waals surface area contributed by atoms with Crippen molar-refractivity contribution < 1.29 is 66.0 Å². The number of carbonyl (C=O) groups excluding carboxylic acids is 3. The molecule has 1 aliphatic rings. The van der Waals surface area contributed by atoms with Crippen LogP contribution in [-0.4, -0.2) is 134 Å². The first-order valence-corrected chi connectivity index (χ1v) is 32.0. The van der Waals surface area contributed by atoms with Crippen LogP contribution < -0.4 is 35.0 Å². The van der Waals surface area contributed by atoms with Crippen molar-refractivity contribution in [1.29, 1.82) is 0 Å². The molecule has 0 atom stereocenters. The number of halogens is 6. The number of nitrogens with one attached hydrogen (secondary N) is 9. The van der Waals surface area contributed by atoms with E-state index in [1.807, 2.05) is 41.9 Å². The first kappa shape index (κ1) is 66.3. The normalized spacial score (nSPS) is 12.7. The molecule has 3 amide bonds. The fourth-order valence-corrected chi connectivity index (χ4v) is 12.1. The van der Waals surface area contributed by atoms with Gasteiger partial charge in [0.25, 0.3) is 17.7 Å². The minimum Gasteiger partial charge on any atom is -0.363 e. The number of hydrogen-bond donors (Lipinski definition) is 9. The Morgan fingerprint density at radius 1 is 0.533 bits per heavy atom. The third-order valence-electron chi connectivity index (χ3n) is 13.6. The fourth-order valence-electron chi connectivity index (χ4n) is 9.01. The molecule has 0 radical (unpaired) electrons. The summed E-state index contributed by atoms with van der Waals surface area (Å²) in [5.41, 5.74) is -0.279. The van der Waals surface area contributed by atoms with Crippen LogP contribution in [0.15, 0.2) is 122 Å². The van der Waals surface area contributed by atoms with Crippen LogP contribution in [-0.2, 0) is 30.4 Å². The molecule has 0 bridgehead atoms. The zero-order valence-electron chi connectivity index (χ0n) is 49.1. The van der Waals surface area contributed by atoms with Gasteiger partial charge in [0, 0.05) is 87.3 Å². The van der Waals surface area contributed by atoms with Crippen molar-refractivity contribution in [2.75, 3.05) is 82.0 Å². The molecular formula is C58H56F6N16O9S3. The number of nitrogens with zero attached hydrogens (tertiary/aromatic N) is 7. The first-order chi connectivity index (χ1) is 43.6. The van der Waals surface area contributed by atoms with E-state index in [2.05, 4.69) is 60.3 Å². The van der Waals surface area contributed by atoms with E-state index >= 15 is 0 Å². The number of aromatic amines is 3. The molecule has 0 aliphatic carbocycles. The molecule has 0 spiro atoms. The van der Waals surface area contributed by atoms with Gasteiger partial charge in [0.1, 0.15) is 56.9 Å². The molecule has 10 aromatic rings. The Hall–Kier alpha value is -10.2. The Morgan fingerprint density at radius 3 is 1.41 bits per heavy atom. The molecule has 25 nitrogen and oxygen atoms in total. The SMILES string of the molecule is CCCS(=O)(=O)Nc1ccc(F)c(C(=O)Nc2cnc3[nH]c(-c4ccc(N(C)C)nc4)cc3c2)c1F.CN(C)S(=O)(=O)Nc1ccc(F)c(C(=O)Nc2cnc3[nH]ccc3c2)c1F.O=C(Nc1cnc2[nH]ccc2c1)c1c(F)ccc(NS(=O)(=O)N2CCCC2)c1F. The van der Waals surface area contributed by atoms with Gasteiger partial charge in [-0.25, -0.2) is 54.7 Å². The van der Waals surface area contributed by atoms with Crippen LogP contribution in [0.2, 0.25) is 0 Å². The third-order valence-corrected chi connectivity index (χ3v) is 18.1. The summed E-state index contributed by atoms with van der Waals surface area (Å²) in [5.74, 6) is -9.95. The minimum absolute atomic E-state index is 0.204. The number of carbonyl (C=O) groups is 3. The third kappa shape index (κ3) is 15.3. The van der Waals surface area contributed by atoms with Crippen molar-refractivity contribution >= 4 is 121 Å². The molecule has 1 saturated heterocycles. The van der Waals surface area contributed by atoms with Gasteiger partial charge in [0.05, 0.1) is 58.5 Å². The number of hydrogen-bond acceptors (Lipinski definition) is 14. The van der Waals surface area contributed by atoms with Gasteiger partial charge in [0.2, 0.25) is 10.0 Å². The Kier molecular flexibility index (Phi) is 19.8. The lowest BCUT2D eigenvalue weighted by molar-refractivity contribution is 0.101. The number of rotatable bonds is 18. The summed E-state index contributed by atoms with van der Waals surface area (Å²) in [6, 6.07) is 19.1. The standard InChI is InChI=1S/C24H24F2N6O3S.C18H17F2N5O3S.C16H15F2N5O3S/c1-4-9-36(34,35)31-18-7-6-17(25)21(22(18)26)24(33)29-16-10-15-11-19(30-23(15)28-13-16)14-5-8-20(27-12-14)32(2)3;19-13-3-4-14(24-29(27,28)25-7-1-2-8-25)16(20)15(13)18(26)23-12-9-11-5-6-21-17(11)22-10-12;1-23(2)27(25,26)22-12-4-3-11(17)13(14(12)18)16(24)21-10-7-9-5-6-19-15(9)20-8-10/h5-8,10-13,31H,4,9H2,1-3H3,(H,28,30)(H,29,33);3-6,9-10,24H,1-2,7-8H2,(H,21,22)(H,23,26);3-8,22H,1-2H3,(H,19,20)(H,21,24). The molecule has 9 N–H and O–H groups in total. The Balaban J connectivity index is 0.000000165. The van der Waals surface area contributed by atoms with E-state index in [1.54, 1.807) is 55.8 Å². The van der Waals surface area contributed by atoms with Crippen LogP contribution in [0.4, 0.5) is 66.3 Å². The van der Waals surface area contributed by atoms with E-state index < -0.39 is 117 Å². The maximum atomic E-state index is 14.9. The molecular weight excluding hydrogens is 1270 g/mol. The van der Waals surface area contributed by atoms with E-state index in [0.717, 1.165) is 57.8 Å². The Morgan fingerprint density at radius 2 is 0.978 bits per heavy atom. The lowest BCUT2D eigenvalue weighted by Crippen LogP contribution is -2.33. The average molecular weight is 1330 g/mol. The monoisotopic (exact) mass is 1330 g/mol. The second kappa shape index (κ2) is 27.5. The van der Waals surface area contributed by atoms with Crippen LogP contribution in [0.25, 0.3) is 44.4 Å². The predicted octanol–water partition coefficient (Wildman–Crippen LogP) is 9.53. The van der Waals surface area contributed by atoms with E-state index in [-0.39, 0.29) is 22.8 Å². The van der Waals surface area contributed by atoms with Gasteiger partial charge in [-0.05, 0) is 104 Å². The molecule has 92 heavy (non-hydrogen) atoms. The van der Waals surface area contributed by atoms with Crippen molar-refractivity contribution in [2.45, 2.75) is 26.2 Å². The molecule has 482 valence electrons. The molecule has 11 rings (SSSR count). The minimum atomic E-state index is -4.03. The van der Waals surface area contributed by atoms with Gasteiger partial charge >= 0.3 is 20.4 Å². The molecule has 3 aromatic carbocycles. The van der Waals surface area contributed by atoms with Crippen LogP contribution in [0, 0.1) is 34.9 Å². The molecule has 0 saturated carbocycles. The highest BCUT2D eigenvalue weighted by Gasteiger charge is 2.30. The van der Waals surface area contributed by atoms with E-state index in [9.17, 15) is 66.0 Å². The van der Waals surface area contributed by atoms with E-state index in [0.29, 0.717) is 65.5 Å². The summed E-state index contributed by atoms with van der Waals surface area (Å²) in [5, 5.41) is 9.22. The highest BCUT2D eigenvalue weighted by atomic mass is 32.2. The van der Waals surface area contributed by atoms with Gasteiger partial charge in [0.15, 0.2) is 17.5 Å². The number of aromatic nitrogens is 7. The number of amides is 3. The van der Waals surface area contributed by atoms with Crippen molar-refractivity contribution in [3.8, 4) is 11.3 Å². The summed E-state index contributed by atoms with van der Waals surface area (Å²) in [6.45, 7) is 2.29. The lowest BCUT2D eigenvalue weighted by Gasteiger charge is -2.18. The zero-order valence-corrected chi connectivity index (χ0v) is 51.5. The van der Waals surface area contributed by atoms with Crippen LogP contribution in [0.3, 0.4) is 0 Å². The van der Waals surface area contributed by atoms with E-state index in [1.165, 1.54) is 37.0 Å². The van der Waals surface area contributed by atoms with Crippen molar-refractivity contribution in [2.24, 2.45) is 0 Å². The van der Waals surface area contributed by atoms with Crippen LogP contribution in [0.5, 0.6) is 0 Å². The molecule has 1 fully saturated rings. The maximum absolute atomic E-state index is 14.9. The van der Waals surface area contributed by atoms with Gasteiger partial charge in [-0.2, -0.15) is 25.4 Å². The van der Waals surface area contributed by atoms with E-state index in [4.69, 9.17) is 0 Å². The number of pyridine rings is 4. The van der Waals surface area contributed by atoms with Crippen molar-refractivity contribution in [3.05, 3.63) is 174 Å². The van der Waals surface area contributed by atoms with Gasteiger partial charge in [-0.15, -0.1) is 0 Å². The summed E-state index contributed by atoms with van der Waals surface area (Å²) in [7, 11) is -5.60. The molecule has 8 heterocycles. The van der Waals surface area contributed by atoms with Gasteiger partial charge in [-0.3, -0.25) is 28.5 Å². The molecule has 7 aromatic heterocycles. The zero-order chi connectivity index (χ0) is 66.4. The Labute approximate surface area is 521 Å². The first-order valence-electron chi connectivity index (χ1n) is 27.5. The van der Waals surface area contributed by atoms with Gasteiger partial charge < -0.3 is 35.8 Å². The van der Waals surface area contributed by atoms with Crippen LogP contribution in [0.1, 0.15) is 57.3 Å². The lowest BCUT2D eigenvalue weighted by atomic mass is 10.1. The summed E-state index contributed by atoms with van der Waals surface area (Å²) in [6.07, 6.45) is 10.8.